The average molecular weight is 337 g/mol. The van der Waals surface area contributed by atoms with Crippen LogP contribution < -0.4 is 0 Å². The summed E-state index contributed by atoms with van der Waals surface area (Å²) in [5.74, 6) is -0.991. The Kier molecular flexibility index (Phi) is 5.83. The number of hydrogen-bond acceptors (Lipinski definition) is 4. The maximum atomic E-state index is 12.4. The van der Waals surface area contributed by atoms with E-state index in [4.69, 9.17) is 21.1 Å². The molecule has 0 heterocycles. The van der Waals surface area contributed by atoms with Crippen LogP contribution in [0, 0.1) is 5.41 Å². The van der Waals surface area contributed by atoms with Crippen molar-refractivity contribution in [1.29, 1.82) is 0 Å². The van der Waals surface area contributed by atoms with Crippen LogP contribution in [0.5, 0.6) is 0 Å². The van der Waals surface area contributed by atoms with Gasteiger partial charge in [-0.25, -0.2) is 0 Å². The van der Waals surface area contributed by atoms with Crippen LogP contribution in [0.1, 0.15) is 38.7 Å². The first-order valence-corrected chi connectivity index (χ1v) is 8.20. The molecule has 23 heavy (non-hydrogen) atoms. The van der Waals surface area contributed by atoms with E-state index >= 15 is 0 Å². The molecule has 0 N–H and O–H groups in total. The highest BCUT2D eigenvalue weighted by atomic mass is 35.5. The first kappa shape index (κ1) is 17.5. The number of carbonyl (C=O) groups excluding carboxylic acids is 2. The van der Waals surface area contributed by atoms with Crippen LogP contribution in [-0.2, 0) is 19.1 Å². The van der Waals surface area contributed by atoms with Crippen molar-refractivity contribution in [3.8, 4) is 0 Å². The molecule has 5 heteroatoms. The third-order valence-electron chi connectivity index (χ3n) is 4.07. The summed E-state index contributed by atoms with van der Waals surface area (Å²) in [7, 11) is 0. The number of rotatable bonds is 5. The number of benzene rings is 1. The molecule has 0 saturated carbocycles. The summed E-state index contributed by atoms with van der Waals surface area (Å²) in [5, 5.41) is 0.678. The van der Waals surface area contributed by atoms with E-state index in [9.17, 15) is 9.59 Å². The highest BCUT2D eigenvalue weighted by Crippen LogP contribution is 2.41. The molecule has 1 aliphatic rings. The van der Waals surface area contributed by atoms with Gasteiger partial charge in [-0.3, -0.25) is 9.59 Å². The Bertz CT molecular complexity index is 586. The molecule has 0 saturated heterocycles. The topological polar surface area (TPSA) is 52.6 Å². The maximum Gasteiger partial charge on any atom is 0.323 e. The van der Waals surface area contributed by atoms with Gasteiger partial charge in [0.25, 0.3) is 0 Å². The van der Waals surface area contributed by atoms with E-state index in [2.05, 4.69) is 0 Å². The van der Waals surface area contributed by atoms with E-state index < -0.39 is 17.4 Å². The first-order valence-electron chi connectivity index (χ1n) is 7.83. The van der Waals surface area contributed by atoms with Gasteiger partial charge < -0.3 is 9.47 Å². The molecule has 0 atom stereocenters. The SMILES string of the molecule is CCOC(=O)C1(C(=O)OCC)CC=C(c2ccc(Cl)cc2)CC1. The molecule has 1 aromatic carbocycles. The lowest BCUT2D eigenvalue weighted by atomic mass is 9.73. The van der Waals surface area contributed by atoms with Gasteiger partial charge in [0.1, 0.15) is 0 Å². The van der Waals surface area contributed by atoms with Crippen molar-refractivity contribution in [2.24, 2.45) is 5.41 Å². The van der Waals surface area contributed by atoms with Crippen LogP contribution in [0.3, 0.4) is 0 Å². The molecule has 0 radical (unpaired) electrons. The lowest BCUT2D eigenvalue weighted by Gasteiger charge is -2.32. The average Bonchev–Trinajstić information content (AvgIpc) is 2.56. The van der Waals surface area contributed by atoms with Crippen molar-refractivity contribution in [2.75, 3.05) is 13.2 Å². The Balaban J connectivity index is 2.25. The third kappa shape index (κ3) is 3.75. The predicted octanol–water partition coefficient (Wildman–Crippen LogP) is 4.02. The Morgan fingerprint density at radius 3 is 2.09 bits per heavy atom. The van der Waals surface area contributed by atoms with Gasteiger partial charge in [0, 0.05) is 5.02 Å². The summed E-state index contributed by atoms with van der Waals surface area (Å²) in [6.45, 7) is 3.95. The first-order chi connectivity index (χ1) is 11.0. The summed E-state index contributed by atoms with van der Waals surface area (Å²) in [5.41, 5.74) is 0.934. The molecule has 0 aromatic heterocycles. The molecule has 0 bridgehead atoms. The molecule has 2 rings (SSSR count). The second-order valence-corrected chi connectivity index (χ2v) is 5.90. The molecule has 0 unspecified atom stereocenters. The Morgan fingerprint density at radius 2 is 1.65 bits per heavy atom. The molecule has 1 aliphatic carbocycles. The van der Waals surface area contributed by atoms with E-state index in [1.54, 1.807) is 13.8 Å². The number of carbonyl (C=O) groups is 2. The minimum Gasteiger partial charge on any atom is -0.465 e. The zero-order valence-electron chi connectivity index (χ0n) is 13.4. The fourth-order valence-corrected chi connectivity index (χ4v) is 2.89. The number of hydrogen-bond donors (Lipinski definition) is 0. The maximum absolute atomic E-state index is 12.4. The number of esters is 2. The van der Waals surface area contributed by atoms with Gasteiger partial charge >= 0.3 is 11.9 Å². The highest BCUT2D eigenvalue weighted by molar-refractivity contribution is 6.30. The van der Waals surface area contributed by atoms with E-state index in [0.29, 0.717) is 24.3 Å². The standard InChI is InChI=1S/C18H21ClO4/c1-3-22-16(20)18(17(21)23-4-2)11-9-14(10-12-18)13-5-7-15(19)8-6-13/h5-9H,3-4,10-12H2,1-2H3. The van der Waals surface area contributed by atoms with Gasteiger partial charge in [-0.15, -0.1) is 0 Å². The van der Waals surface area contributed by atoms with Crippen LogP contribution in [0.25, 0.3) is 5.57 Å². The molecule has 0 aliphatic heterocycles. The van der Waals surface area contributed by atoms with Gasteiger partial charge in [-0.2, -0.15) is 0 Å². The van der Waals surface area contributed by atoms with Gasteiger partial charge in [0.2, 0.25) is 0 Å². The number of allylic oxidation sites excluding steroid dienone is 2. The predicted molar refractivity (Wildman–Crippen MR) is 89.0 cm³/mol. The van der Waals surface area contributed by atoms with Crippen molar-refractivity contribution in [3.63, 3.8) is 0 Å². The van der Waals surface area contributed by atoms with Crippen molar-refractivity contribution >= 4 is 29.1 Å². The molecular weight excluding hydrogens is 316 g/mol. The molecule has 0 amide bonds. The molecule has 1 aromatic rings. The zero-order chi connectivity index (χ0) is 16.9. The molecule has 4 nitrogen and oxygen atoms in total. The summed E-state index contributed by atoms with van der Waals surface area (Å²) < 4.78 is 10.2. The summed E-state index contributed by atoms with van der Waals surface area (Å²) in [6, 6.07) is 7.54. The van der Waals surface area contributed by atoms with Gasteiger partial charge in [0.05, 0.1) is 13.2 Å². The lowest BCUT2D eigenvalue weighted by Crippen LogP contribution is -2.43. The Hall–Kier alpha value is -1.81. The molecule has 0 spiro atoms. The van der Waals surface area contributed by atoms with Crippen molar-refractivity contribution in [1.82, 2.24) is 0 Å². The van der Waals surface area contributed by atoms with E-state index in [1.165, 1.54) is 0 Å². The lowest BCUT2D eigenvalue weighted by molar-refractivity contribution is -0.172. The van der Waals surface area contributed by atoms with Crippen LogP contribution >= 0.6 is 11.6 Å². The normalized spacial score (nSPS) is 16.4. The van der Waals surface area contributed by atoms with Gasteiger partial charge in [0.15, 0.2) is 5.41 Å². The summed E-state index contributed by atoms with van der Waals surface area (Å²) in [6.07, 6.45) is 3.22. The fraction of sp³-hybridized carbons (Fsp3) is 0.444. The van der Waals surface area contributed by atoms with Crippen LogP contribution in [0.4, 0.5) is 0 Å². The van der Waals surface area contributed by atoms with Crippen LogP contribution in [0.15, 0.2) is 30.3 Å². The quantitative estimate of drug-likeness (QED) is 0.602. The Morgan fingerprint density at radius 1 is 1.09 bits per heavy atom. The van der Waals surface area contributed by atoms with E-state index in [0.717, 1.165) is 11.1 Å². The van der Waals surface area contributed by atoms with Gasteiger partial charge in [-0.1, -0.05) is 29.8 Å². The monoisotopic (exact) mass is 336 g/mol. The minimum absolute atomic E-state index is 0.244. The van der Waals surface area contributed by atoms with Crippen LogP contribution in [0.2, 0.25) is 5.02 Å². The van der Waals surface area contributed by atoms with Crippen molar-refractivity contribution in [2.45, 2.75) is 33.1 Å². The summed E-state index contributed by atoms with van der Waals surface area (Å²) in [4.78, 5) is 24.7. The van der Waals surface area contributed by atoms with E-state index in [-0.39, 0.29) is 13.2 Å². The summed E-state index contributed by atoms with van der Waals surface area (Å²) >= 11 is 5.91. The smallest absolute Gasteiger partial charge is 0.323 e. The van der Waals surface area contributed by atoms with Crippen molar-refractivity contribution < 1.29 is 19.1 Å². The molecule has 124 valence electrons. The Labute approximate surface area is 141 Å². The largest absolute Gasteiger partial charge is 0.465 e. The second-order valence-electron chi connectivity index (χ2n) is 5.46. The zero-order valence-corrected chi connectivity index (χ0v) is 14.2. The van der Waals surface area contributed by atoms with Crippen molar-refractivity contribution in [3.05, 3.63) is 40.9 Å². The number of ether oxygens (including phenoxy) is 2. The van der Waals surface area contributed by atoms with Gasteiger partial charge in [-0.05, 0) is 56.4 Å². The van der Waals surface area contributed by atoms with E-state index in [1.807, 2.05) is 30.3 Å². The third-order valence-corrected chi connectivity index (χ3v) is 4.32. The minimum atomic E-state index is -1.22. The number of halogens is 1. The van der Waals surface area contributed by atoms with Crippen LogP contribution in [-0.4, -0.2) is 25.2 Å². The second kappa shape index (κ2) is 7.64. The molecular formula is C18H21ClO4. The fourth-order valence-electron chi connectivity index (χ4n) is 2.77. The highest BCUT2D eigenvalue weighted by Gasteiger charge is 2.49. The molecule has 0 fully saturated rings.